The quantitative estimate of drug-likeness (QED) is 0.320. The molecular formula is C24H17Br2N3O. The molecule has 4 nitrogen and oxygen atoms in total. The van der Waals surface area contributed by atoms with E-state index in [0.29, 0.717) is 12.0 Å². The summed E-state index contributed by atoms with van der Waals surface area (Å²) in [6.07, 6.45) is 0.650. The highest BCUT2D eigenvalue weighted by molar-refractivity contribution is 9.10. The lowest BCUT2D eigenvalue weighted by molar-refractivity contribution is 0.0708. The van der Waals surface area contributed by atoms with E-state index in [2.05, 4.69) is 49.0 Å². The number of benzene rings is 3. The monoisotopic (exact) mass is 521 g/mol. The average Bonchev–Trinajstić information content (AvgIpc) is 3.39. The number of hydrogen-bond acceptors (Lipinski definition) is 2. The second-order valence-corrected chi connectivity index (χ2v) is 9.07. The number of halogens is 2. The number of hydrazone groups is 1. The van der Waals surface area contributed by atoms with Gasteiger partial charge >= 0.3 is 0 Å². The van der Waals surface area contributed by atoms with E-state index in [-0.39, 0.29) is 11.9 Å². The molecule has 0 saturated carbocycles. The van der Waals surface area contributed by atoms with Crippen molar-refractivity contribution in [2.75, 3.05) is 0 Å². The number of aromatic amines is 1. The maximum absolute atomic E-state index is 13.4. The Morgan fingerprint density at radius 2 is 1.60 bits per heavy atom. The Morgan fingerprint density at radius 3 is 2.30 bits per heavy atom. The minimum absolute atomic E-state index is 0.113. The summed E-state index contributed by atoms with van der Waals surface area (Å²) in [6.45, 7) is 0. The molecule has 30 heavy (non-hydrogen) atoms. The van der Waals surface area contributed by atoms with Gasteiger partial charge in [0, 0.05) is 32.1 Å². The predicted molar refractivity (Wildman–Crippen MR) is 127 cm³/mol. The van der Waals surface area contributed by atoms with Crippen molar-refractivity contribution in [3.8, 4) is 0 Å². The van der Waals surface area contributed by atoms with Gasteiger partial charge in [-0.2, -0.15) is 5.10 Å². The first kappa shape index (κ1) is 19.3. The van der Waals surface area contributed by atoms with Gasteiger partial charge in [0.15, 0.2) is 0 Å². The van der Waals surface area contributed by atoms with E-state index in [9.17, 15) is 4.79 Å². The van der Waals surface area contributed by atoms with Crippen LogP contribution < -0.4 is 0 Å². The third-order valence-corrected chi connectivity index (χ3v) is 6.35. The number of nitrogens with zero attached hydrogens (tertiary/aromatic N) is 2. The molecule has 0 saturated heterocycles. The zero-order valence-corrected chi connectivity index (χ0v) is 19.0. The van der Waals surface area contributed by atoms with Crippen molar-refractivity contribution in [2.45, 2.75) is 12.5 Å². The summed E-state index contributed by atoms with van der Waals surface area (Å²) in [7, 11) is 0. The maximum atomic E-state index is 13.4. The normalized spacial score (nSPS) is 16.1. The van der Waals surface area contributed by atoms with Crippen molar-refractivity contribution in [3.63, 3.8) is 0 Å². The molecule has 0 radical (unpaired) electrons. The number of fused-ring (bicyclic) bond motifs is 1. The zero-order valence-electron chi connectivity index (χ0n) is 15.8. The molecule has 0 aliphatic carbocycles. The summed E-state index contributed by atoms with van der Waals surface area (Å²) in [5, 5.41) is 7.51. The van der Waals surface area contributed by atoms with E-state index < -0.39 is 0 Å². The van der Waals surface area contributed by atoms with E-state index in [1.807, 2.05) is 66.7 Å². The Hall–Kier alpha value is -2.70. The first-order valence-corrected chi connectivity index (χ1v) is 11.2. The number of nitrogens with one attached hydrogen (secondary N) is 1. The number of carbonyl (C=O) groups is 1. The Labute approximate surface area is 190 Å². The zero-order chi connectivity index (χ0) is 20.7. The number of aromatic nitrogens is 1. The number of rotatable bonds is 3. The summed E-state index contributed by atoms with van der Waals surface area (Å²) in [6, 6.07) is 25.5. The Morgan fingerprint density at radius 1 is 0.933 bits per heavy atom. The van der Waals surface area contributed by atoms with Crippen LogP contribution in [0.3, 0.4) is 0 Å². The molecule has 3 aromatic carbocycles. The number of amides is 1. The summed E-state index contributed by atoms with van der Waals surface area (Å²) < 4.78 is 1.95. The van der Waals surface area contributed by atoms with Crippen LogP contribution in [0.25, 0.3) is 10.9 Å². The summed E-state index contributed by atoms with van der Waals surface area (Å²) >= 11 is 6.91. The molecule has 2 heterocycles. The van der Waals surface area contributed by atoms with Crippen LogP contribution >= 0.6 is 31.9 Å². The van der Waals surface area contributed by atoms with E-state index in [1.54, 1.807) is 5.01 Å². The Bertz CT molecular complexity index is 1230. The average molecular weight is 523 g/mol. The molecule has 1 amide bonds. The maximum Gasteiger partial charge on any atom is 0.274 e. The SMILES string of the molecule is O=C(c1ccc(Br)cc1)N1N=C(c2ccc(Br)cc2)C[C@H]1c1cc2ccccc2[nH]1. The van der Waals surface area contributed by atoms with E-state index in [4.69, 9.17) is 5.10 Å². The highest BCUT2D eigenvalue weighted by Crippen LogP contribution is 2.35. The fourth-order valence-corrected chi connectivity index (χ4v) is 4.29. The van der Waals surface area contributed by atoms with Gasteiger partial charge < -0.3 is 4.98 Å². The van der Waals surface area contributed by atoms with Gasteiger partial charge in [-0.15, -0.1) is 0 Å². The molecule has 0 bridgehead atoms. The summed E-state index contributed by atoms with van der Waals surface area (Å²) in [5.74, 6) is -0.113. The van der Waals surface area contributed by atoms with E-state index in [0.717, 1.165) is 36.8 Å². The van der Waals surface area contributed by atoms with Crippen molar-refractivity contribution in [1.82, 2.24) is 9.99 Å². The van der Waals surface area contributed by atoms with Crippen LogP contribution in [0.2, 0.25) is 0 Å². The lowest BCUT2D eigenvalue weighted by Crippen LogP contribution is -2.27. The predicted octanol–water partition coefficient (Wildman–Crippen LogP) is 6.68. The lowest BCUT2D eigenvalue weighted by atomic mass is 10.0. The van der Waals surface area contributed by atoms with Gasteiger partial charge in [0.1, 0.15) is 6.04 Å². The number of para-hydroxylation sites is 1. The van der Waals surface area contributed by atoms with Crippen molar-refractivity contribution < 1.29 is 4.79 Å². The van der Waals surface area contributed by atoms with Crippen LogP contribution in [0, 0.1) is 0 Å². The van der Waals surface area contributed by atoms with Gasteiger partial charge in [-0.25, -0.2) is 5.01 Å². The summed E-state index contributed by atoms with van der Waals surface area (Å²) in [4.78, 5) is 16.9. The van der Waals surface area contributed by atoms with E-state index in [1.165, 1.54) is 0 Å². The van der Waals surface area contributed by atoms with Crippen molar-refractivity contribution >= 4 is 54.4 Å². The van der Waals surface area contributed by atoms with Crippen LogP contribution in [0.4, 0.5) is 0 Å². The Kier molecular flexibility index (Phi) is 5.05. The fourth-order valence-electron chi connectivity index (χ4n) is 3.76. The second kappa shape index (κ2) is 7.85. The van der Waals surface area contributed by atoms with Gasteiger partial charge in [-0.3, -0.25) is 4.79 Å². The third kappa shape index (κ3) is 3.61. The standard InChI is InChI=1S/C24H17Br2N3O/c25-18-9-5-15(6-10-18)21-14-23(22-13-17-3-1-2-4-20(17)27-22)29(28-21)24(30)16-7-11-19(26)12-8-16/h1-13,23,27H,14H2/t23-/m0/s1. The highest BCUT2D eigenvalue weighted by atomic mass is 79.9. The topological polar surface area (TPSA) is 48.5 Å². The second-order valence-electron chi connectivity index (χ2n) is 7.24. The van der Waals surface area contributed by atoms with E-state index >= 15 is 0 Å². The Balaban J connectivity index is 1.56. The van der Waals surface area contributed by atoms with Gasteiger partial charge in [-0.1, -0.05) is 62.2 Å². The molecule has 1 aliphatic rings. The molecule has 1 aliphatic heterocycles. The minimum atomic E-state index is -0.188. The summed E-state index contributed by atoms with van der Waals surface area (Å²) in [5.41, 5.74) is 4.57. The molecule has 0 unspecified atom stereocenters. The van der Waals surface area contributed by atoms with Gasteiger partial charge in [-0.05, 0) is 59.5 Å². The molecule has 1 N–H and O–H groups in total. The lowest BCUT2D eigenvalue weighted by Gasteiger charge is -2.21. The molecule has 4 aromatic rings. The van der Waals surface area contributed by atoms with Crippen LogP contribution in [-0.4, -0.2) is 21.6 Å². The van der Waals surface area contributed by atoms with Crippen LogP contribution in [-0.2, 0) is 0 Å². The number of hydrogen-bond donors (Lipinski definition) is 1. The minimum Gasteiger partial charge on any atom is -0.357 e. The molecule has 5 rings (SSSR count). The van der Waals surface area contributed by atoms with Crippen LogP contribution in [0.1, 0.15) is 34.1 Å². The van der Waals surface area contributed by atoms with Gasteiger partial charge in [0.2, 0.25) is 0 Å². The first-order chi connectivity index (χ1) is 14.6. The molecule has 0 fully saturated rings. The molecule has 6 heteroatoms. The molecule has 1 atom stereocenters. The molecule has 0 spiro atoms. The van der Waals surface area contributed by atoms with Crippen LogP contribution in [0.5, 0.6) is 0 Å². The van der Waals surface area contributed by atoms with Crippen molar-refractivity contribution in [2.24, 2.45) is 5.10 Å². The van der Waals surface area contributed by atoms with Gasteiger partial charge in [0.25, 0.3) is 5.91 Å². The molecule has 1 aromatic heterocycles. The fraction of sp³-hybridized carbons (Fsp3) is 0.0833. The highest BCUT2D eigenvalue weighted by Gasteiger charge is 2.34. The molecule has 148 valence electrons. The third-order valence-electron chi connectivity index (χ3n) is 5.30. The number of H-pyrrole nitrogens is 1. The molecular weight excluding hydrogens is 506 g/mol. The first-order valence-electron chi connectivity index (χ1n) is 9.59. The van der Waals surface area contributed by atoms with Crippen molar-refractivity contribution in [3.05, 3.63) is 105 Å². The van der Waals surface area contributed by atoms with Gasteiger partial charge in [0.05, 0.1) is 5.71 Å². The van der Waals surface area contributed by atoms with Crippen LogP contribution in [0.15, 0.2) is 92.9 Å². The smallest absolute Gasteiger partial charge is 0.274 e. The number of carbonyl (C=O) groups excluding carboxylic acids is 1. The van der Waals surface area contributed by atoms with Crippen molar-refractivity contribution in [1.29, 1.82) is 0 Å². The largest absolute Gasteiger partial charge is 0.357 e.